The number of benzene rings is 1. The lowest BCUT2D eigenvalue weighted by molar-refractivity contribution is -0.384. The van der Waals surface area contributed by atoms with E-state index >= 15 is 0 Å². The number of nitrogens with two attached hydrogens (primary N) is 1. The summed E-state index contributed by atoms with van der Waals surface area (Å²) in [5.74, 6) is 0.173. The molecule has 0 fully saturated rings. The van der Waals surface area contributed by atoms with E-state index in [-0.39, 0.29) is 16.8 Å². The Morgan fingerprint density at radius 3 is 2.65 bits per heavy atom. The van der Waals surface area contributed by atoms with E-state index < -0.39 is 4.92 Å². The third kappa shape index (κ3) is 4.31. The average molecular weight is 255 g/mol. The summed E-state index contributed by atoms with van der Waals surface area (Å²) in [6, 6.07) is 6.29. The SMILES string of the molecule is CC(C/C(N)=N/O)Sc1ccc([N+](=O)[O-])cc1. The number of nitro benzene ring substituents is 1. The van der Waals surface area contributed by atoms with E-state index in [1.807, 2.05) is 6.92 Å². The van der Waals surface area contributed by atoms with Gasteiger partial charge in [-0.3, -0.25) is 10.1 Å². The zero-order chi connectivity index (χ0) is 12.8. The second kappa shape index (κ2) is 6.09. The number of non-ortho nitro benzene ring substituents is 1. The molecule has 6 nitrogen and oxygen atoms in total. The molecule has 0 bridgehead atoms. The Morgan fingerprint density at radius 2 is 2.18 bits per heavy atom. The Labute approximate surface area is 103 Å². The predicted octanol–water partition coefficient (Wildman–Crippen LogP) is 2.21. The van der Waals surface area contributed by atoms with Gasteiger partial charge in [-0.2, -0.15) is 0 Å². The normalized spacial score (nSPS) is 13.4. The molecule has 1 aromatic rings. The van der Waals surface area contributed by atoms with Gasteiger partial charge in [0, 0.05) is 28.7 Å². The molecule has 0 saturated carbocycles. The largest absolute Gasteiger partial charge is 0.409 e. The highest BCUT2D eigenvalue weighted by Gasteiger charge is 2.09. The van der Waals surface area contributed by atoms with Gasteiger partial charge in [0.05, 0.1) is 4.92 Å². The molecule has 3 N–H and O–H groups in total. The lowest BCUT2D eigenvalue weighted by Gasteiger charge is -2.09. The highest BCUT2D eigenvalue weighted by atomic mass is 32.2. The summed E-state index contributed by atoms with van der Waals surface area (Å²) in [5, 5.41) is 21.9. The molecule has 7 heteroatoms. The molecule has 0 aliphatic carbocycles. The van der Waals surface area contributed by atoms with Gasteiger partial charge in [-0.1, -0.05) is 12.1 Å². The molecule has 0 aromatic heterocycles. The van der Waals surface area contributed by atoms with Gasteiger partial charge < -0.3 is 10.9 Å². The molecular formula is C10H13N3O3S. The maximum Gasteiger partial charge on any atom is 0.269 e. The average Bonchev–Trinajstić information content (AvgIpc) is 2.29. The number of amidine groups is 1. The summed E-state index contributed by atoms with van der Waals surface area (Å²) in [6.45, 7) is 1.93. The van der Waals surface area contributed by atoms with E-state index in [0.29, 0.717) is 6.42 Å². The van der Waals surface area contributed by atoms with Crippen LogP contribution in [0.5, 0.6) is 0 Å². The maximum absolute atomic E-state index is 10.5. The number of rotatable bonds is 5. The first-order valence-corrected chi connectivity index (χ1v) is 5.78. The zero-order valence-electron chi connectivity index (χ0n) is 9.24. The molecule has 1 aromatic carbocycles. The van der Waals surface area contributed by atoms with Crippen molar-refractivity contribution in [2.45, 2.75) is 23.5 Å². The van der Waals surface area contributed by atoms with Gasteiger partial charge in [0.1, 0.15) is 5.84 Å². The van der Waals surface area contributed by atoms with E-state index in [2.05, 4.69) is 5.16 Å². The summed E-state index contributed by atoms with van der Waals surface area (Å²) in [6.07, 6.45) is 0.457. The van der Waals surface area contributed by atoms with Crippen molar-refractivity contribution in [2.75, 3.05) is 0 Å². The molecule has 92 valence electrons. The quantitative estimate of drug-likeness (QED) is 0.210. The summed E-state index contributed by atoms with van der Waals surface area (Å²) < 4.78 is 0. The van der Waals surface area contributed by atoms with E-state index in [0.717, 1.165) is 4.90 Å². The van der Waals surface area contributed by atoms with Gasteiger partial charge in [-0.25, -0.2) is 0 Å². The van der Waals surface area contributed by atoms with Crippen LogP contribution in [0.1, 0.15) is 13.3 Å². The van der Waals surface area contributed by atoms with E-state index in [9.17, 15) is 10.1 Å². The van der Waals surface area contributed by atoms with Crippen molar-refractivity contribution in [2.24, 2.45) is 10.9 Å². The Morgan fingerprint density at radius 1 is 1.59 bits per heavy atom. The summed E-state index contributed by atoms with van der Waals surface area (Å²) >= 11 is 1.51. The van der Waals surface area contributed by atoms with Crippen LogP contribution in [0.4, 0.5) is 5.69 Å². The highest BCUT2D eigenvalue weighted by molar-refractivity contribution is 8.00. The molecule has 0 spiro atoms. The van der Waals surface area contributed by atoms with Gasteiger partial charge >= 0.3 is 0 Å². The number of nitrogens with zero attached hydrogens (tertiary/aromatic N) is 2. The minimum atomic E-state index is -0.436. The topological polar surface area (TPSA) is 102 Å². The minimum absolute atomic E-state index is 0.0680. The lowest BCUT2D eigenvalue weighted by Crippen LogP contribution is -2.16. The molecule has 1 unspecified atom stereocenters. The molecule has 0 saturated heterocycles. The summed E-state index contributed by atoms with van der Waals surface area (Å²) in [5.41, 5.74) is 5.46. The van der Waals surface area contributed by atoms with Crippen LogP contribution >= 0.6 is 11.8 Å². The number of hydrogen-bond acceptors (Lipinski definition) is 5. The predicted molar refractivity (Wildman–Crippen MR) is 66.4 cm³/mol. The third-order valence-electron chi connectivity index (χ3n) is 2.01. The molecule has 1 atom stereocenters. The van der Waals surface area contributed by atoms with Crippen molar-refractivity contribution < 1.29 is 10.1 Å². The Bertz CT molecular complexity index is 419. The fourth-order valence-electron chi connectivity index (χ4n) is 1.26. The first-order chi connectivity index (χ1) is 8.02. The molecule has 0 aliphatic rings. The third-order valence-corrected chi connectivity index (χ3v) is 3.12. The Balaban J connectivity index is 2.60. The summed E-state index contributed by atoms with van der Waals surface area (Å²) in [4.78, 5) is 10.9. The monoisotopic (exact) mass is 255 g/mol. The Kier molecular flexibility index (Phi) is 4.77. The molecule has 0 radical (unpaired) electrons. The second-order valence-corrected chi connectivity index (χ2v) is 4.99. The molecule has 1 rings (SSSR count). The number of nitro groups is 1. The fraction of sp³-hybridized carbons (Fsp3) is 0.300. The van der Waals surface area contributed by atoms with E-state index in [1.165, 1.54) is 23.9 Å². The van der Waals surface area contributed by atoms with Crippen LogP contribution in [0.2, 0.25) is 0 Å². The van der Waals surface area contributed by atoms with Crippen molar-refractivity contribution in [3.63, 3.8) is 0 Å². The van der Waals surface area contributed by atoms with Crippen LogP contribution in [0.25, 0.3) is 0 Å². The standard InChI is InChI=1S/C10H13N3O3S/c1-7(6-10(11)12-14)17-9-4-2-8(3-5-9)13(15)16/h2-5,7,14H,6H2,1H3,(H2,11,12). The van der Waals surface area contributed by atoms with Crippen LogP contribution in [0.3, 0.4) is 0 Å². The van der Waals surface area contributed by atoms with Gasteiger partial charge in [0.15, 0.2) is 0 Å². The van der Waals surface area contributed by atoms with Gasteiger partial charge in [0.25, 0.3) is 5.69 Å². The van der Waals surface area contributed by atoms with Gasteiger partial charge in [-0.05, 0) is 12.1 Å². The van der Waals surface area contributed by atoms with Crippen molar-refractivity contribution in [3.8, 4) is 0 Å². The van der Waals surface area contributed by atoms with Crippen molar-refractivity contribution in [1.82, 2.24) is 0 Å². The number of oxime groups is 1. The smallest absolute Gasteiger partial charge is 0.269 e. The molecule has 0 amide bonds. The van der Waals surface area contributed by atoms with Crippen molar-refractivity contribution in [3.05, 3.63) is 34.4 Å². The van der Waals surface area contributed by atoms with E-state index in [1.54, 1.807) is 12.1 Å². The summed E-state index contributed by atoms with van der Waals surface area (Å²) in [7, 11) is 0. The number of hydrogen-bond donors (Lipinski definition) is 2. The number of thioether (sulfide) groups is 1. The van der Waals surface area contributed by atoms with Crippen LogP contribution in [-0.4, -0.2) is 21.2 Å². The highest BCUT2D eigenvalue weighted by Crippen LogP contribution is 2.26. The van der Waals surface area contributed by atoms with Gasteiger partial charge in [-0.15, -0.1) is 11.8 Å². The first kappa shape index (κ1) is 13.3. The van der Waals surface area contributed by atoms with Crippen molar-refractivity contribution in [1.29, 1.82) is 0 Å². The second-order valence-electron chi connectivity index (χ2n) is 3.47. The van der Waals surface area contributed by atoms with E-state index in [4.69, 9.17) is 10.9 Å². The zero-order valence-corrected chi connectivity index (χ0v) is 10.1. The molecule has 0 aliphatic heterocycles. The molecule has 0 heterocycles. The maximum atomic E-state index is 10.5. The first-order valence-electron chi connectivity index (χ1n) is 4.90. The van der Waals surface area contributed by atoms with Crippen LogP contribution in [-0.2, 0) is 0 Å². The lowest BCUT2D eigenvalue weighted by atomic mass is 10.3. The van der Waals surface area contributed by atoms with Crippen LogP contribution in [0.15, 0.2) is 34.3 Å². The van der Waals surface area contributed by atoms with Gasteiger partial charge in [0.2, 0.25) is 0 Å². The minimum Gasteiger partial charge on any atom is -0.409 e. The Hall–Kier alpha value is -1.76. The van der Waals surface area contributed by atoms with Crippen molar-refractivity contribution >= 4 is 23.3 Å². The fourth-order valence-corrected chi connectivity index (χ4v) is 2.27. The molecule has 17 heavy (non-hydrogen) atoms. The van der Waals surface area contributed by atoms with Crippen LogP contribution in [0, 0.1) is 10.1 Å². The molecular weight excluding hydrogens is 242 g/mol. The van der Waals surface area contributed by atoms with Crippen LogP contribution < -0.4 is 5.73 Å².